The van der Waals surface area contributed by atoms with E-state index in [-0.39, 0.29) is 30.4 Å². The zero-order chi connectivity index (χ0) is 15.1. The first kappa shape index (κ1) is 18.9. The number of nitrogens with one attached hydrogen (secondary N) is 1. The van der Waals surface area contributed by atoms with Crippen LogP contribution in [0.15, 0.2) is 24.5 Å². The van der Waals surface area contributed by atoms with E-state index in [0.29, 0.717) is 0 Å². The zero-order valence-electron chi connectivity index (χ0n) is 13.2. The summed E-state index contributed by atoms with van der Waals surface area (Å²) in [6, 6.07) is 3.98. The molecule has 0 radical (unpaired) electrons. The molecule has 5 nitrogen and oxygen atoms in total. The number of rotatable bonds is 6. The monoisotopic (exact) mass is 326 g/mol. The molecule has 1 fully saturated rings. The molecule has 1 saturated heterocycles. The highest BCUT2D eigenvalue weighted by atomic mass is 35.5. The second-order valence-electron chi connectivity index (χ2n) is 5.82. The minimum absolute atomic E-state index is 0. The first-order chi connectivity index (χ1) is 10.2. The van der Waals surface area contributed by atoms with E-state index in [1.807, 2.05) is 19.2 Å². The van der Waals surface area contributed by atoms with E-state index in [9.17, 15) is 4.79 Å². The fourth-order valence-corrected chi connectivity index (χ4v) is 2.74. The van der Waals surface area contributed by atoms with Gasteiger partial charge in [0.05, 0.1) is 6.04 Å². The zero-order valence-corrected chi connectivity index (χ0v) is 14.0. The highest BCUT2D eigenvalue weighted by Gasteiger charge is 2.22. The number of nitrogens with zero attached hydrogens (tertiary/aromatic N) is 2. The van der Waals surface area contributed by atoms with Crippen LogP contribution in [0.1, 0.15) is 38.2 Å². The van der Waals surface area contributed by atoms with E-state index in [0.717, 1.165) is 45.3 Å². The van der Waals surface area contributed by atoms with Gasteiger partial charge in [0.25, 0.3) is 0 Å². The maximum absolute atomic E-state index is 11.9. The Morgan fingerprint density at radius 2 is 2.23 bits per heavy atom. The Hall–Kier alpha value is -1.17. The lowest BCUT2D eigenvalue weighted by atomic mass is 10.0. The molecule has 0 saturated carbocycles. The topological polar surface area (TPSA) is 71.2 Å². The van der Waals surface area contributed by atoms with Crippen molar-refractivity contribution in [2.45, 2.75) is 51.2 Å². The van der Waals surface area contributed by atoms with Crippen LogP contribution in [0.3, 0.4) is 0 Å². The molecule has 2 rings (SSSR count). The van der Waals surface area contributed by atoms with Crippen molar-refractivity contribution in [3.63, 3.8) is 0 Å². The number of piperidine rings is 1. The maximum Gasteiger partial charge on any atom is 0.237 e. The van der Waals surface area contributed by atoms with Crippen LogP contribution in [-0.2, 0) is 11.3 Å². The highest BCUT2D eigenvalue weighted by molar-refractivity contribution is 5.85. The largest absolute Gasteiger partial charge is 0.352 e. The van der Waals surface area contributed by atoms with Crippen molar-refractivity contribution in [2.24, 2.45) is 5.73 Å². The van der Waals surface area contributed by atoms with Crippen LogP contribution in [0, 0.1) is 0 Å². The van der Waals surface area contributed by atoms with Crippen LogP contribution in [-0.4, -0.2) is 41.0 Å². The van der Waals surface area contributed by atoms with Gasteiger partial charge in [0.2, 0.25) is 5.91 Å². The van der Waals surface area contributed by atoms with Gasteiger partial charge in [-0.3, -0.25) is 14.7 Å². The maximum atomic E-state index is 11.9. The smallest absolute Gasteiger partial charge is 0.237 e. The third kappa shape index (κ3) is 5.91. The first-order valence-corrected chi connectivity index (χ1v) is 7.86. The Bertz CT molecular complexity index is 435. The van der Waals surface area contributed by atoms with Crippen LogP contribution in [0.5, 0.6) is 0 Å². The average molecular weight is 327 g/mol. The summed E-state index contributed by atoms with van der Waals surface area (Å²) in [6.45, 7) is 4.99. The molecule has 1 aliphatic heterocycles. The quantitative estimate of drug-likeness (QED) is 0.835. The molecular formula is C16H27ClN4O. The fraction of sp³-hybridized carbons (Fsp3) is 0.625. The van der Waals surface area contributed by atoms with Gasteiger partial charge in [-0.1, -0.05) is 19.4 Å². The van der Waals surface area contributed by atoms with E-state index in [2.05, 4.69) is 21.3 Å². The molecule has 22 heavy (non-hydrogen) atoms. The van der Waals surface area contributed by atoms with Gasteiger partial charge in [-0.05, 0) is 30.9 Å². The predicted octanol–water partition coefficient (Wildman–Crippen LogP) is 1.71. The molecule has 0 spiro atoms. The molecule has 1 aromatic rings. The summed E-state index contributed by atoms with van der Waals surface area (Å²) in [5.41, 5.74) is 7.09. The summed E-state index contributed by atoms with van der Waals surface area (Å²) in [7, 11) is 0. The van der Waals surface area contributed by atoms with E-state index < -0.39 is 0 Å². The Balaban J connectivity index is 0.00000242. The molecule has 1 aromatic heterocycles. The summed E-state index contributed by atoms with van der Waals surface area (Å²) in [6.07, 6.45) is 7.39. The van der Waals surface area contributed by atoms with E-state index in [1.165, 1.54) is 5.56 Å². The van der Waals surface area contributed by atoms with Crippen molar-refractivity contribution in [3.8, 4) is 0 Å². The van der Waals surface area contributed by atoms with Crippen LogP contribution in [0.2, 0.25) is 0 Å². The third-order valence-corrected chi connectivity index (χ3v) is 4.00. The van der Waals surface area contributed by atoms with Crippen LogP contribution in [0.25, 0.3) is 0 Å². The fourth-order valence-electron chi connectivity index (χ4n) is 2.74. The number of likely N-dealkylation sites (tertiary alicyclic amines) is 1. The average Bonchev–Trinajstić information content (AvgIpc) is 2.50. The molecule has 1 unspecified atom stereocenters. The van der Waals surface area contributed by atoms with Gasteiger partial charge in [-0.15, -0.1) is 12.4 Å². The number of hydrogen-bond donors (Lipinski definition) is 2. The number of carbonyl (C=O) groups excluding carboxylic acids is 1. The second-order valence-corrected chi connectivity index (χ2v) is 5.82. The van der Waals surface area contributed by atoms with Gasteiger partial charge in [0.1, 0.15) is 0 Å². The predicted molar refractivity (Wildman–Crippen MR) is 90.8 cm³/mol. The standard InChI is InChI=1S/C16H26N4O.ClH/c1-2-4-15(17)16(21)19-14-6-9-20(10-7-14)12-13-5-3-8-18-11-13;/h3,5,8,11,14-15H,2,4,6-7,9-10,12,17H2,1H3,(H,19,21);1H. The molecule has 0 aliphatic carbocycles. The Morgan fingerprint density at radius 3 is 2.82 bits per heavy atom. The van der Waals surface area contributed by atoms with Crippen LogP contribution < -0.4 is 11.1 Å². The number of hydrogen-bond acceptors (Lipinski definition) is 4. The summed E-state index contributed by atoms with van der Waals surface area (Å²) < 4.78 is 0. The van der Waals surface area contributed by atoms with Gasteiger partial charge in [0.15, 0.2) is 0 Å². The van der Waals surface area contributed by atoms with Gasteiger partial charge in [0, 0.05) is 38.1 Å². The van der Waals surface area contributed by atoms with E-state index in [1.54, 1.807) is 6.20 Å². The molecule has 3 N–H and O–H groups in total. The SMILES string of the molecule is CCCC(N)C(=O)NC1CCN(Cc2cccnc2)CC1.Cl. The van der Waals surface area contributed by atoms with Crippen molar-refractivity contribution in [1.82, 2.24) is 15.2 Å². The summed E-state index contributed by atoms with van der Waals surface area (Å²) in [5.74, 6) is 0.00237. The lowest BCUT2D eigenvalue weighted by molar-refractivity contribution is -0.123. The van der Waals surface area contributed by atoms with Crippen molar-refractivity contribution < 1.29 is 4.79 Å². The van der Waals surface area contributed by atoms with Gasteiger partial charge in [-0.2, -0.15) is 0 Å². The third-order valence-electron chi connectivity index (χ3n) is 4.00. The lowest BCUT2D eigenvalue weighted by Crippen LogP contribution is -2.49. The molecule has 1 amide bonds. The van der Waals surface area contributed by atoms with Crippen molar-refractivity contribution in [2.75, 3.05) is 13.1 Å². The summed E-state index contributed by atoms with van der Waals surface area (Å²) >= 11 is 0. The van der Waals surface area contributed by atoms with E-state index >= 15 is 0 Å². The molecule has 6 heteroatoms. The van der Waals surface area contributed by atoms with Crippen molar-refractivity contribution in [3.05, 3.63) is 30.1 Å². The molecular weight excluding hydrogens is 300 g/mol. The van der Waals surface area contributed by atoms with Gasteiger partial charge < -0.3 is 11.1 Å². The highest BCUT2D eigenvalue weighted by Crippen LogP contribution is 2.13. The van der Waals surface area contributed by atoms with E-state index in [4.69, 9.17) is 5.73 Å². The molecule has 124 valence electrons. The number of halogens is 1. The Labute approximate surface area is 139 Å². The number of carbonyl (C=O) groups is 1. The number of aromatic nitrogens is 1. The molecule has 0 aromatic carbocycles. The number of amides is 1. The van der Waals surface area contributed by atoms with Crippen LogP contribution in [0.4, 0.5) is 0 Å². The first-order valence-electron chi connectivity index (χ1n) is 7.86. The van der Waals surface area contributed by atoms with Crippen molar-refractivity contribution >= 4 is 18.3 Å². The van der Waals surface area contributed by atoms with Gasteiger partial charge >= 0.3 is 0 Å². The number of pyridine rings is 1. The Morgan fingerprint density at radius 1 is 1.50 bits per heavy atom. The molecule has 0 bridgehead atoms. The lowest BCUT2D eigenvalue weighted by Gasteiger charge is -2.32. The second kappa shape index (κ2) is 9.77. The number of nitrogens with two attached hydrogens (primary N) is 1. The van der Waals surface area contributed by atoms with Gasteiger partial charge in [-0.25, -0.2) is 0 Å². The summed E-state index contributed by atoms with van der Waals surface area (Å²) in [5, 5.41) is 3.08. The normalized spacial score (nSPS) is 17.5. The molecule has 2 heterocycles. The Kier molecular flexibility index (Phi) is 8.38. The summed E-state index contributed by atoms with van der Waals surface area (Å²) in [4.78, 5) is 18.5. The van der Waals surface area contributed by atoms with Crippen molar-refractivity contribution in [1.29, 1.82) is 0 Å². The van der Waals surface area contributed by atoms with Crippen LogP contribution >= 0.6 is 12.4 Å². The molecule has 1 aliphatic rings. The minimum atomic E-state index is -0.358. The minimum Gasteiger partial charge on any atom is -0.352 e. The molecule has 1 atom stereocenters.